The van der Waals surface area contributed by atoms with E-state index in [1.54, 1.807) is 19.2 Å². The van der Waals surface area contributed by atoms with Gasteiger partial charge in [0.25, 0.3) is 0 Å². The van der Waals surface area contributed by atoms with Crippen molar-refractivity contribution in [1.82, 2.24) is 0 Å². The molecule has 2 rings (SSSR count). The standard InChI is InChI=1S/C11H11N3O2/c1-13-11(12)14-8-4-2-3-7-5-6-9(15)16-10(7)8/h2-6H,1H3,(H3,12,13,14). The molecule has 1 aromatic heterocycles. The number of guanidine groups is 1. The number of rotatable bonds is 1. The molecule has 0 aliphatic carbocycles. The topological polar surface area (TPSA) is 80.6 Å². The van der Waals surface area contributed by atoms with Crippen LogP contribution >= 0.6 is 0 Å². The fraction of sp³-hybridized carbons (Fsp3) is 0.0909. The summed E-state index contributed by atoms with van der Waals surface area (Å²) in [4.78, 5) is 14.9. The summed E-state index contributed by atoms with van der Waals surface area (Å²) in [5.74, 6) is 0.263. The molecule has 5 heteroatoms. The second-order valence-electron chi connectivity index (χ2n) is 3.21. The molecular weight excluding hydrogens is 206 g/mol. The van der Waals surface area contributed by atoms with E-state index in [2.05, 4.69) is 10.3 Å². The molecule has 0 unspecified atom stereocenters. The van der Waals surface area contributed by atoms with Crippen LogP contribution in [0.3, 0.4) is 0 Å². The lowest BCUT2D eigenvalue weighted by Gasteiger charge is -2.06. The molecule has 0 spiro atoms. The highest BCUT2D eigenvalue weighted by molar-refractivity contribution is 6.00. The zero-order chi connectivity index (χ0) is 11.5. The van der Waals surface area contributed by atoms with E-state index in [0.29, 0.717) is 11.3 Å². The van der Waals surface area contributed by atoms with E-state index < -0.39 is 5.63 Å². The third kappa shape index (κ3) is 1.88. The number of anilines is 1. The van der Waals surface area contributed by atoms with E-state index in [9.17, 15) is 4.79 Å². The third-order valence-electron chi connectivity index (χ3n) is 2.15. The van der Waals surface area contributed by atoms with Crippen molar-refractivity contribution in [3.8, 4) is 0 Å². The minimum Gasteiger partial charge on any atom is -0.420 e. The van der Waals surface area contributed by atoms with Crippen LogP contribution in [0.15, 0.2) is 44.5 Å². The maximum Gasteiger partial charge on any atom is 0.336 e. The summed E-state index contributed by atoms with van der Waals surface area (Å²) in [5, 5.41) is 3.68. The van der Waals surface area contributed by atoms with Gasteiger partial charge in [0.2, 0.25) is 0 Å². The molecule has 2 aromatic rings. The van der Waals surface area contributed by atoms with Gasteiger partial charge in [-0.1, -0.05) is 12.1 Å². The van der Waals surface area contributed by atoms with Crippen molar-refractivity contribution in [3.63, 3.8) is 0 Å². The lowest BCUT2D eigenvalue weighted by molar-refractivity contribution is 0.562. The molecular formula is C11H11N3O2. The van der Waals surface area contributed by atoms with E-state index >= 15 is 0 Å². The van der Waals surface area contributed by atoms with Crippen LogP contribution in [-0.4, -0.2) is 13.0 Å². The fourth-order valence-electron chi connectivity index (χ4n) is 1.38. The predicted molar refractivity (Wildman–Crippen MR) is 63.7 cm³/mol. The maximum absolute atomic E-state index is 11.1. The smallest absolute Gasteiger partial charge is 0.336 e. The summed E-state index contributed by atoms with van der Waals surface area (Å²) in [6, 6.07) is 8.54. The van der Waals surface area contributed by atoms with E-state index in [-0.39, 0.29) is 5.96 Å². The number of nitrogens with zero attached hydrogens (tertiary/aromatic N) is 1. The first-order valence-corrected chi connectivity index (χ1v) is 4.73. The Bertz CT molecular complexity index is 601. The van der Waals surface area contributed by atoms with Crippen LogP contribution in [-0.2, 0) is 0 Å². The molecule has 0 radical (unpaired) electrons. The van der Waals surface area contributed by atoms with Crippen molar-refractivity contribution in [3.05, 3.63) is 40.8 Å². The summed E-state index contributed by atoms with van der Waals surface area (Å²) >= 11 is 0. The highest BCUT2D eigenvalue weighted by Crippen LogP contribution is 2.21. The van der Waals surface area contributed by atoms with Crippen LogP contribution in [0.4, 0.5) is 5.69 Å². The summed E-state index contributed by atoms with van der Waals surface area (Å²) < 4.78 is 5.11. The fourth-order valence-corrected chi connectivity index (χ4v) is 1.38. The van der Waals surface area contributed by atoms with Gasteiger partial charge in [-0.2, -0.15) is 0 Å². The first-order valence-electron chi connectivity index (χ1n) is 4.73. The molecule has 0 saturated heterocycles. The van der Waals surface area contributed by atoms with Gasteiger partial charge in [-0.05, 0) is 12.1 Å². The minimum atomic E-state index is -0.395. The quantitative estimate of drug-likeness (QED) is 0.426. The highest BCUT2D eigenvalue weighted by Gasteiger charge is 2.04. The molecule has 3 N–H and O–H groups in total. The van der Waals surface area contributed by atoms with Crippen LogP contribution < -0.4 is 16.7 Å². The van der Waals surface area contributed by atoms with E-state index in [1.807, 2.05) is 12.1 Å². The van der Waals surface area contributed by atoms with Crippen LogP contribution in [0.5, 0.6) is 0 Å². The molecule has 0 aliphatic rings. The van der Waals surface area contributed by atoms with Gasteiger partial charge in [-0.3, -0.25) is 4.99 Å². The SMILES string of the molecule is CN=C(N)Nc1cccc2ccc(=O)oc12. The average Bonchev–Trinajstić information content (AvgIpc) is 2.29. The number of para-hydroxylation sites is 1. The summed E-state index contributed by atoms with van der Waals surface area (Å²) in [5.41, 5.74) is 6.26. The maximum atomic E-state index is 11.1. The molecule has 0 aliphatic heterocycles. The van der Waals surface area contributed by atoms with Gasteiger partial charge in [-0.15, -0.1) is 0 Å². The van der Waals surface area contributed by atoms with Crippen molar-refractivity contribution in [2.24, 2.45) is 10.7 Å². The summed E-state index contributed by atoms with van der Waals surface area (Å²) in [6.45, 7) is 0. The number of hydrogen-bond donors (Lipinski definition) is 2. The zero-order valence-corrected chi connectivity index (χ0v) is 8.73. The lowest BCUT2D eigenvalue weighted by atomic mass is 10.2. The van der Waals surface area contributed by atoms with Gasteiger partial charge in [0.1, 0.15) is 0 Å². The Morgan fingerprint density at radius 1 is 1.38 bits per heavy atom. The van der Waals surface area contributed by atoms with Crippen molar-refractivity contribution < 1.29 is 4.42 Å². The van der Waals surface area contributed by atoms with Gasteiger partial charge in [0.15, 0.2) is 11.5 Å². The van der Waals surface area contributed by atoms with Crippen LogP contribution in [0.1, 0.15) is 0 Å². The normalized spacial score (nSPS) is 11.7. The van der Waals surface area contributed by atoms with Crippen LogP contribution in [0.25, 0.3) is 11.0 Å². The van der Waals surface area contributed by atoms with Gasteiger partial charge in [0.05, 0.1) is 5.69 Å². The summed E-state index contributed by atoms with van der Waals surface area (Å²) in [6.07, 6.45) is 0. The number of benzene rings is 1. The van der Waals surface area contributed by atoms with Crippen molar-refractivity contribution in [1.29, 1.82) is 0 Å². The Kier molecular flexibility index (Phi) is 2.59. The predicted octanol–water partition coefficient (Wildman–Crippen LogP) is 1.15. The van der Waals surface area contributed by atoms with Gasteiger partial charge in [0, 0.05) is 18.5 Å². The first kappa shape index (κ1) is 10.2. The number of nitrogens with one attached hydrogen (secondary N) is 1. The van der Waals surface area contributed by atoms with Gasteiger partial charge in [-0.25, -0.2) is 4.79 Å². The minimum absolute atomic E-state index is 0.263. The molecule has 0 fully saturated rings. The largest absolute Gasteiger partial charge is 0.420 e. The molecule has 16 heavy (non-hydrogen) atoms. The Labute approximate surface area is 91.6 Å². The third-order valence-corrected chi connectivity index (χ3v) is 2.15. The number of nitrogens with two attached hydrogens (primary N) is 1. The highest BCUT2D eigenvalue weighted by atomic mass is 16.4. The Morgan fingerprint density at radius 3 is 2.94 bits per heavy atom. The molecule has 1 heterocycles. The zero-order valence-electron chi connectivity index (χ0n) is 8.73. The number of fused-ring (bicyclic) bond motifs is 1. The molecule has 82 valence electrons. The van der Waals surface area contributed by atoms with Crippen molar-refractivity contribution in [2.75, 3.05) is 12.4 Å². The lowest BCUT2D eigenvalue weighted by Crippen LogP contribution is -2.22. The molecule has 0 saturated carbocycles. The van der Waals surface area contributed by atoms with Crippen molar-refractivity contribution >= 4 is 22.6 Å². The molecule has 0 atom stereocenters. The van der Waals surface area contributed by atoms with Crippen molar-refractivity contribution in [2.45, 2.75) is 0 Å². The van der Waals surface area contributed by atoms with Gasteiger partial charge < -0.3 is 15.5 Å². The molecule has 1 aromatic carbocycles. The van der Waals surface area contributed by atoms with Crippen LogP contribution in [0.2, 0.25) is 0 Å². The monoisotopic (exact) mass is 217 g/mol. The number of aliphatic imine (C=N–C) groups is 1. The van der Waals surface area contributed by atoms with E-state index in [0.717, 1.165) is 5.39 Å². The number of hydrogen-bond acceptors (Lipinski definition) is 3. The van der Waals surface area contributed by atoms with Gasteiger partial charge >= 0.3 is 5.63 Å². The Balaban J connectivity index is 2.60. The van der Waals surface area contributed by atoms with E-state index in [1.165, 1.54) is 6.07 Å². The van der Waals surface area contributed by atoms with Crippen LogP contribution in [0, 0.1) is 0 Å². The second-order valence-corrected chi connectivity index (χ2v) is 3.21. The Morgan fingerprint density at radius 2 is 2.19 bits per heavy atom. The first-order chi connectivity index (χ1) is 7.70. The molecule has 0 amide bonds. The molecule has 0 bridgehead atoms. The Hall–Kier alpha value is -2.30. The average molecular weight is 217 g/mol. The molecule has 5 nitrogen and oxygen atoms in total. The summed E-state index contributed by atoms with van der Waals surface area (Å²) in [7, 11) is 1.57. The second kappa shape index (κ2) is 4.06. The van der Waals surface area contributed by atoms with E-state index in [4.69, 9.17) is 10.2 Å².